The second kappa shape index (κ2) is 7.13. The third-order valence-electron chi connectivity index (χ3n) is 2.91. The first-order chi connectivity index (χ1) is 10.1. The zero-order valence-electron chi connectivity index (χ0n) is 11.8. The van der Waals surface area contributed by atoms with Crippen molar-refractivity contribution in [3.8, 4) is 0 Å². The molecule has 0 radical (unpaired) electrons. The molecular formula is C16H16O4S. The van der Waals surface area contributed by atoms with Gasteiger partial charge in [0.2, 0.25) is 0 Å². The topological polar surface area (TPSA) is 52.6 Å². The van der Waals surface area contributed by atoms with Gasteiger partial charge in [-0.05, 0) is 18.2 Å². The summed E-state index contributed by atoms with van der Waals surface area (Å²) in [5, 5.41) is -0.171. The van der Waals surface area contributed by atoms with Gasteiger partial charge in [0.05, 0.1) is 17.9 Å². The van der Waals surface area contributed by atoms with Crippen LogP contribution in [0, 0.1) is 0 Å². The number of carbonyl (C=O) groups excluding carboxylic acids is 2. The smallest absolute Gasteiger partial charge is 0.337 e. The highest BCUT2D eigenvalue weighted by molar-refractivity contribution is 8.00. The molecule has 0 unspecified atom stereocenters. The molecule has 0 saturated heterocycles. The van der Waals surface area contributed by atoms with Crippen molar-refractivity contribution >= 4 is 23.7 Å². The molecule has 0 aromatic heterocycles. The molecule has 1 aromatic rings. The van der Waals surface area contributed by atoms with Gasteiger partial charge in [0.15, 0.2) is 0 Å². The summed E-state index contributed by atoms with van der Waals surface area (Å²) in [6.07, 6.45) is 4.68. The molecule has 0 fully saturated rings. The predicted molar refractivity (Wildman–Crippen MR) is 80.9 cm³/mol. The lowest BCUT2D eigenvalue weighted by Gasteiger charge is -2.27. The second-order valence-corrected chi connectivity index (χ2v) is 5.68. The minimum Gasteiger partial charge on any atom is -0.466 e. The van der Waals surface area contributed by atoms with Crippen LogP contribution >= 0.6 is 11.8 Å². The Kier molecular flexibility index (Phi) is 5.22. The van der Waals surface area contributed by atoms with E-state index in [2.05, 4.69) is 0 Å². The Morgan fingerprint density at radius 1 is 1.19 bits per heavy atom. The van der Waals surface area contributed by atoms with Gasteiger partial charge >= 0.3 is 11.9 Å². The SMILES string of the molecule is COC(=O)C1=CC=C[C@H](Sc2ccccc2)[C@H]1OC(C)=O. The molecule has 2 atom stereocenters. The number of rotatable bonds is 4. The Labute approximate surface area is 127 Å². The van der Waals surface area contributed by atoms with Gasteiger partial charge in [-0.15, -0.1) is 11.8 Å². The van der Waals surface area contributed by atoms with Gasteiger partial charge in [0.25, 0.3) is 0 Å². The Bertz CT molecular complexity index is 577. The first kappa shape index (κ1) is 15.4. The van der Waals surface area contributed by atoms with Gasteiger partial charge < -0.3 is 9.47 Å². The van der Waals surface area contributed by atoms with Crippen LogP contribution in [0.15, 0.2) is 59.0 Å². The Morgan fingerprint density at radius 3 is 2.52 bits per heavy atom. The number of esters is 2. The standard InChI is InChI=1S/C16H16O4S/c1-11(17)20-15-13(16(18)19-2)9-6-10-14(15)21-12-7-4-3-5-8-12/h3-10,14-15H,1-2H3/t14-,15-/m0/s1. The molecule has 1 aliphatic rings. The van der Waals surface area contributed by atoms with Crippen LogP contribution in [0.4, 0.5) is 0 Å². The molecule has 21 heavy (non-hydrogen) atoms. The number of thioether (sulfide) groups is 1. The summed E-state index contributed by atoms with van der Waals surface area (Å²) in [6.45, 7) is 1.33. The van der Waals surface area contributed by atoms with Crippen molar-refractivity contribution in [2.45, 2.75) is 23.2 Å². The average molecular weight is 304 g/mol. The summed E-state index contributed by atoms with van der Waals surface area (Å²) in [4.78, 5) is 24.2. The monoisotopic (exact) mass is 304 g/mol. The molecule has 1 aliphatic carbocycles. The van der Waals surface area contributed by atoms with Crippen LogP contribution in [0.2, 0.25) is 0 Å². The third kappa shape index (κ3) is 3.98. The molecule has 5 heteroatoms. The van der Waals surface area contributed by atoms with Crippen molar-refractivity contribution in [1.82, 2.24) is 0 Å². The molecule has 0 aliphatic heterocycles. The fourth-order valence-electron chi connectivity index (χ4n) is 2.01. The molecule has 110 valence electrons. The van der Waals surface area contributed by atoms with E-state index >= 15 is 0 Å². The lowest BCUT2D eigenvalue weighted by Crippen LogP contribution is -2.34. The van der Waals surface area contributed by atoms with Crippen LogP contribution in [0.5, 0.6) is 0 Å². The largest absolute Gasteiger partial charge is 0.466 e. The molecule has 2 rings (SSSR count). The van der Waals surface area contributed by atoms with Gasteiger partial charge in [0, 0.05) is 11.8 Å². The fraction of sp³-hybridized carbons (Fsp3) is 0.250. The zero-order valence-corrected chi connectivity index (χ0v) is 12.6. The molecule has 0 saturated carbocycles. The van der Waals surface area contributed by atoms with E-state index in [1.54, 1.807) is 12.2 Å². The number of benzene rings is 1. The lowest BCUT2D eigenvalue weighted by molar-refractivity contribution is -0.146. The predicted octanol–water partition coefficient (Wildman–Crippen LogP) is 2.75. The number of hydrogen-bond acceptors (Lipinski definition) is 5. The second-order valence-electron chi connectivity index (χ2n) is 4.42. The van der Waals surface area contributed by atoms with Crippen molar-refractivity contribution in [2.75, 3.05) is 7.11 Å². The van der Waals surface area contributed by atoms with Crippen molar-refractivity contribution in [2.24, 2.45) is 0 Å². The van der Waals surface area contributed by atoms with E-state index in [4.69, 9.17) is 9.47 Å². The highest BCUT2D eigenvalue weighted by Gasteiger charge is 2.33. The Morgan fingerprint density at radius 2 is 1.90 bits per heavy atom. The number of carbonyl (C=O) groups is 2. The van der Waals surface area contributed by atoms with Gasteiger partial charge in [0.1, 0.15) is 6.10 Å². The summed E-state index contributed by atoms with van der Waals surface area (Å²) < 4.78 is 10.1. The van der Waals surface area contributed by atoms with Crippen molar-refractivity contribution in [3.63, 3.8) is 0 Å². The minimum absolute atomic E-state index is 0.171. The summed E-state index contributed by atoms with van der Waals surface area (Å²) >= 11 is 1.53. The Balaban J connectivity index is 2.23. The molecule has 0 spiro atoms. The van der Waals surface area contributed by atoms with Gasteiger partial charge in [-0.2, -0.15) is 0 Å². The maximum atomic E-state index is 11.8. The zero-order chi connectivity index (χ0) is 15.2. The van der Waals surface area contributed by atoms with E-state index in [1.807, 2.05) is 36.4 Å². The van der Waals surface area contributed by atoms with Crippen LogP contribution in [-0.4, -0.2) is 30.4 Å². The van der Waals surface area contributed by atoms with E-state index in [1.165, 1.54) is 25.8 Å². The molecule has 0 heterocycles. The van der Waals surface area contributed by atoms with Crippen LogP contribution in [0.1, 0.15) is 6.92 Å². The summed E-state index contributed by atoms with van der Waals surface area (Å²) in [5.74, 6) is -0.909. The first-order valence-corrected chi connectivity index (χ1v) is 7.35. The Hall–Kier alpha value is -2.01. The van der Waals surface area contributed by atoms with E-state index in [0.717, 1.165) is 4.90 Å². The number of allylic oxidation sites excluding steroid dienone is 2. The van der Waals surface area contributed by atoms with E-state index in [0.29, 0.717) is 5.57 Å². The lowest BCUT2D eigenvalue weighted by atomic mass is 10.0. The van der Waals surface area contributed by atoms with Gasteiger partial charge in [-0.3, -0.25) is 4.79 Å². The van der Waals surface area contributed by atoms with E-state index in [9.17, 15) is 9.59 Å². The summed E-state index contributed by atoms with van der Waals surface area (Å²) in [5.41, 5.74) is 0.351. The van der Waals surface area contributed by atoms with Crippen molar-refractivity contribution in [1.29, 1.82) is 0 Å². The van der Waals surface area contributed by atoms with Crippen LogP contribution < -0.4 is 0 Å². The minimum atomic E-state index is -0.648. The quantitative estimate of drug-likeness (QED) is 0.801. The summed E-state index contributed by atoms with van der Waals surface area (Å²) in [7, 11) is 1.31. The van der Waals surface area contributed by atoms with Crippen molar-refractivity contribution < 1.29 is 19.1 Å². The highest BCUT2D eigenvalue weighted by Crippen LogP contribution is 2.33. The first-order valence-electron chi connectivity index (χ1n) is 6.47. The number of methoxy groups -OCH3 is 1. The molecular weight excluding hydrogens is 288 g/mol. The summed E-state index contributed by atoms with van der Waals surface area (Å²) in [6, 6.07) is 9.75. The number of hydrogen-bond donors (Lipinski definition) is 0. The molecule has 0 amide bonds. The maximum absolute atomic E-state index is 11.8. The van der Waals surface area contributed by atoms with Gasteiger partial charge in [-0.1, -0.05) is 30.4 Å². The average Bonchev–Trinajstić information content (AvgIpc) is 2.49. The van der Waals surface area contributed by atoms with Crippen LogP contribution in [-0.2, 0) is 19.1 Å². The van der Waals surface area contributed by atoms with Crippen LogP contribution in [0.25, 0.3) is 0 Å². The normalized spacial score (nSPS) is 20.6. The van der Waals surface area contributed by atoms with Gasteiger partial charge in [-0.25, -0.2) is 4.79 Å². The maximum Gasteiger partial charge on any atom is 0.337 e. The van der Waals surface area contributed by atoms with Crippen molar-refractivity contribution in [3.05, 3.63) is 54.1 Å². The van der Waals surface area contributed by atoms with E-state index in [-0.39, 0.29) is 5.25 Å². The van der Waals surface area contributed by atoms with Crippen LogP contribution in [0.3, 0.4) is 0 Å². The molecule has 0 bridgehead atoms. The molecule has 0 N–H and O–H groups in total. The number of ether oxygens (including phenoxy) is 2. The van der Waals surface area contributed by atoms with E-state index < -0.39 is 18.0 Å². The third-order valence-corrected chi connectivity index (χ3v) is 4.13. The molecule has 4 nitrogen and oxygen atoms in total. The molecule has 1 aromatic carbocycles. The fourth-order valence-corrected chi connectivity index (χ4v) is 3.13. The highest BCUT2D eigenvalue weighted by atomic mass is 32.2.